The fourth-order valence-electron chi connectivity index (χ4n) is 4.83. The molecule has 37 heavy (non-hydrogen) atoms. The number of rotatable bonds is 6. The molecule has 4 rings (SSSR count). The van der Waals surface area contributed by atoms with Gasteiger partial charge in [0.05, 0.1) is 10.5 Å². The molecule has 1 saturated carbocycles. The molecule has 3 N–H and O–H groups in total. The van der Waals surface area contributed by atoms with Gasteiger partial charge in [-0.05, 0) is 56.1 Å². The maximum Gasteiger partial charge on any atom is 0.272 e. The Labute approximate surface area is 221 Å². The van der Waals surface area contributed by atoms with Crippen LogP contribution in [0.3, 0.4) is 0 Å². The van der Waals surface area contributed by atoms with Crippen LogP contribution in [-0.4, -0.2) is 62.0 Å². The van der Waals surface area contributed by atoms with Crippen molar-refractivity contribution in [2.45, 2.75) is 62.9 Å². The van der Waals surface area contributed by atoms with E-state index in [0.717, 1.165) is 49.1 Å². The van der Waals surface area contributed by atoms with E-state index < -0.39 is 27.7 Å². The van der Waals surface area contributed by atoms with Gasteiger partial charge in [0, 0.05) is 43.5 Å². The molecule has 0 saturated heterocycles. The Morgan fingerprint density at radius 2 is 1.70 bits per heavy atom. The van der Waals surface area contributed by atoms with Crippen LogP contribution in [0.1, 0.15) is 70.2 Å². The Morgan fingerprint density at radius 1 is 1.03 bits per heavy atom. The molecule has 0 unspecified atom stereocenters. The van der Waals surface area contributed by atoms with Crippen LogP contribution in [0.5, 0.6) is 0 Å². The molecule has 1 aromatic carbocycles. The Balaban J connectivity index is 1.53. The zero-order valence-corrected chi connectivity index (χ0v) is 22.9. The third-order valence-electron chi connectivity index (χ3n) is 6.94. The Morgan fingerprint density at radius 3 is 2.35 bits per heavy atom. The zero-order valence-electron chi connectivity index (χ0n) is 21.3. The van der Waals surface area contributed by atoms with E-state index in [0.29, 0.717) is 23.5 Å². The standard InChI is InChI=1S/C25H33N5O5S2/c1-16(31)27-28-24(33)22-20-13-14-29(2)15-21(20)36-25(22)26-23(32)17-9-11-19(12-10-17)37(34,35)30(3)18-7-5-4-6-8-18/h9-12,18H,4-8,13-15H2,1-3H3,(H,26,32)(H,27,31)(H,28,33). The highest BCUT2D eigenvalue weighted by molar-refractivity contribution is 7.89. The number of hydrogen-bond donors (Lipinski definition) is 3. The first kappa shape index (κ1) is 27.2. The second-order valence-electron chi connectivity index (χ2n) is 9.62. The van der Waals surface area contributed by atoms with Crippen LogP contribution in [0.25, 0.3) is 0 Å². The van der Waals surface area contributed by atoms with Crippen molar-refractivity contribution < 1.29 is 22.8 Å². The summed E-state index contributed by atoms with van der Waals surface area (Å²) < 4.78 is 27.7. The van der Waals surface area contributed by atoms with E-state index in [-0.39, 0.29) is 16.5 Å². The molecule has 2 aromatic rings. The second-order valence-corrected chi connectivity index (χ2v) is 12.7. The van der Waals surface area contributed by atoms with Gasteiger partial charge in [-0.2, -0.15) is 4.31 Å². The normalized spacial score (nSPS) is 16.8. The van der Waals surface area contributed by atoms with Crippen molar-refractivity contribution >= 4 is 44.1 Å². The summed E-state index contributed by atoms with van der Waals surface area (Å²) in [5, 5.41) is 3.22. The number of thiophene rings is 1. The molecule has 1 aliphatic carbocycles. The number of nitrogens with zero attached hydrogens (tertiary/aromatic N) is 2. The summed E-state index contributed by atoms with van der Waals surface area (Å²) in [5.74, 6) is -1.36. The maximum absolute atomic E-state index is 13.1. The summed E-state index contributed by atoms with van der Waals surface area (Å²) in [6, 6.07) is 5.85. The lowest BCUT2D eigenvalue weighted by molar-refractivity contribution is -0.119. The van der Waals surface area contributed by atoms with Crippen molar-refractivity contribution in [3.63, 3.8) is 0 Å². The monoisotopic (exact) mass is 547 g/mol. The molecular formula is C25H33N5O5S2. The van der Waals surface area contributed by atoms with E-state index in [2.05, 4.69) is 21.1 Å². The van der Waals surface area contributed by atoms with E-state index in [1.54, 1.807) is 7.05 Å². The van der Waals surface area contributed by atoms with Gasteiger partial charge in [-0.25, -0.2) is 8.42 Å². The molecule has 3 amide bonds. The van der Waals surface area contributed by atoms with Gasteiger partial charge >= 0.3 is 0 Å². The van der Waals surface area contributed by atoms with Gasteiger partial charge in [0.2, 0.25) is 15.9 Å². The predicted molar refractivity (Wildman–Crippen MR) is 142 cm³/mol. The van der Waals surface area contributed by atoms with Crippen LogP contribution in [0, 0.1) is 0 Å². The molecule has 2 aliphatic rings. The number of anilines is 1. The molecule has 200 valence electrons. The molecule has 0 spiro atoms. The number of hydrazine groups is 1. The van der Waals surface area contributed by atoms with Gasteiger partial charge in [0.1, 0.15) is 5.00 Å². The lowest BCUT2D eigenvalue weighted by atomic mass is 9.96. The number of hydrogen-bond acceptors (Lipinski definition) is 7. The van der Waals surface area contributed by atoms with E-state index in [1.165, 1.54) is 46.8 Å². The Kier molecular flexibility index (Phi) is 8.32. The minimum Gasteiger partial charge on any atom is -0.313 e. The van der Waals surface area contributed by atoms with E-state index in [1.807, 2.05) is 7.05 Å². The SMILES string of the molecule is CC(=O)NNC(=O)c1c(NC(=O)c2ccc(S(=O)(=O)N(C)C3CCCCC3)cc2)sc2c1CCN(C)C2. The van der Waals surface area contributed by atoms with Crippen molar-refractivity contribution in [3.8, 4) is 0 Å². The highest BCUT2D eigenvalue weighted by Crippen LogP contribution is 2.37. The summed E-state index contributed by atoms with van der Waals surface area (Å²) in [5.41, 5.74) is 6.16. The van der Waals surface area contributed by atoms with E-state index >= 15 is 0 Å². The molecular weight excluding hydrogens is 514 g/mol. The fourth-order valence-corrected chi connectivity index (χ4v) is 7.56. The minimum absolute atomic E-state index is 0.00677. The number of sulfonamides is 1. The average molecular weight is 548 g/mol. The summed E-state index contributed by atoms with van der Waals surface area (Å²) in [6.45, 7) is 2.71. The van der Waals surface area contributed by atoms with Crippen LogP contribution in [0.4, 0.5) is 5.00 Å². The highest BCUT2D eigenvalue weighted by atomic mass is 32.2. The van der Waals surface area contributed by atoms with Crippen LogP contribution >= 0.6 is 11.3 Å². The Hall–Kier alpha value is -2.80. The van der Waals surface area contributed by atoms with E-state index in [9.17, 15) is 22.8 Å². The van der Waals surface area contributed by atoms with Crippen molar-refractivity contribution in [1.29, 1.82) is 0 Å². The van der Waals surface area contributed by atoms with Crippen molar-refractivity contribution in [1.82, 2.24) is 20.1 Å². The number of nitrogens with one attached hydrogen (secondary N) is 3. The van der Waals surface area contributed by atoms with Crippen LogP contribution in [-0.2, 0) is 27.8 Å². The van der Waals surface area contributed by atoms with Gasteiger partial charge in [-0.15, -0.1) is 11.3 Å². The first-order valence-electron chi connectivity index (χ1n) is 12.4. The molecule has 1 aromatic heterocycles. The summed E-state index contributed by atoms with van der Waals surface area (Å²) in [6.07, 6.45) is 5.54. The molecule has 10 nitrogen and oxygen atoms in total. The molecule has 1 fully saturated rings. The number of amides is 3. The first-order valence-corrected chi connectivity index (χ1v) is 14.6. The van der Waals surface area contributed by atoms with Crippen LogP contribution in [0.15, 0.2) is 29.2 Å². The maximum atomic E-state index is 13.1. The molecule has 2 heterocycles. The number of carbonyl (C=O) groups is 3. The average Bonchev–Trinajstić information content (AvgIpc) is 3.24. The summed E-state index contributed by atoms with van der Waals surface area (Å²) in [7, 11) is -0.0611. The smallest absolute Gasteiger partial charge is 0.272 e. The largest absolute Gasteiger partial charge is 0.313 e. The topological polar surface area (TPSA) is 128 Å². The Bertz CT molecular complexity index is 1280. The third-order valence-corrected chi connectivity index (χ3v) is 9.99. The van der Waals surface area contributed by atoms with Gasteiger partial charge in [0.15, 0.2) is 0 Å². The third kappa shape index (κ3) is 6.03. The zero-order chi connectivity index (χ0) is 26.7. The van der Waals surface area contributed by atoms with Crippen molar-refractivity contribution in [3.05, 3.63) is 45.8 Å². The highest BCUT2D eigenvalue weighted by Gasteiger charge is 2.30. The lowest BCUT2D eigenvalue weighted by Crippen LogP contribution is -2.41. The lowest BCUT2D eigenvalue weighted by Gasteiger charge is -2.30. The number of fused-ring (bicyclic) bond motifs is 1. The van der Waals surface area contributed by atoms with E-state index in [4.69, 9.17) is 0 Å². The van der Waals surface area contributed by atoms with Crippen LogP contribution < -0.4 is 16.2 Å². The van der Waals surface area contributed by atoms with Gasteiger partial charge in [0.25, 0.3) is 11.8 Å². The van der Waals surface area contributed by atoms with Gasteiger partial charge in [-0.3, -0.25) is 25.2 Å². The van der Waals surface area contributed by atoms with Crippen molar-refractivity contribution in [2.24, 2.45) is 0 Å². The number of benzene rings is 1. The van der Waals surface area contributed by atoms with Crippen molar-refractivity contribution in [2.75, 3.05) is 26.0 Å². The quantitative estimate of drug-likeness (QED) is 0.477. The van der Waals surface area contributed by atoms with Gasteiger partial charge < -0.3 is 10.2 Å². The molecule has 1 aliphatic heterocycles. The number of carbonyl (C=O) groups excluding carboxylic acids is 3. The second kappa shape index (κ2) is 11.3. The predicted octanol–water partition coefficient (Wildman–Crippen LogP) is 2.72. The summed E-state index contributed by atoms with van der Waals surface area (Å²) >= 11 is 1.33. The fraction of sp³-hybridized carbons (Fsp3) is 0.480. The summed E-state index contributed by atoms with van der Waals surface area (Å²) in [4.78, 5) is 40.5. The van der Waals surface area contributed by atoms with Crippen LogP contribution in [0.2, 0.25) is 0 Å². The minimum atomic E-state index is -3.67. The molecule has 0 radical (unpaired) electrons. The molecule has 0 bridgehead atoms. The molecule has 0 atom stereocenters. The number of likely N-dealkylation sites (N-methyl/N-ethyl adjacent to an activating group) is 1. The molecule has 12 heteroatoms. The first-order chi connectivity index (χ1) is 17.6. The van der Waals surface area contributed by atoms with Gasteiger partial charge in [-0.1, -0.05) is 19.3 Å².